The van der Waals surface area contributed by atoms with Gasteiger partial charge < -0.3 is 15.6 Å². The molecular formula is C11H12N4OS. The Kier molecular flexibility index (Phi) is 3.34. The summed E-state index contributed by atoms with van der Waals surface area (Å²) in [6.07, 6.45) is 1.29. The fourth-order valence-corrected chi connectivity index (χ4v) is 1.63. The Labute approximate surface area is 104 Å². The second kappa shape index (κ2) is 4.92. The molecule has 0 saturated carbocycles. The third-order valence-electron chi connectivity index (χ3n) is 2.28. The van der Waals surface area contributed by atoms with E-state index in [1.54, 1.807) is 0 Å². The summed E-state index contributed by atoms with van der Waals surface area (Å²) in [4.78, 5) is 4.28. The van der Waals surface area contributed by atoms with Gasteiger partial charge in [-0.1, -0.05) is 29.0 Å². The number of hydrogen-bond acceptors (Lipinski definition) is 5. The molecule has 3 N–H and O–H groups in total. The van der Waals surface area contributed by atoms with Crippen LogP contribution in [0, 0.1) is 6.92 Å². The van der Waals surface area contributed by atoms with Gasteiger partial charge in [0.2, 0.25) is 6.39 Å². The highest BCUT2D eigenvalue weighted by atomic mass is 32.1. The molecule has 0 radical (unpaired) electrons. The van der Waals surface area contributed by atoms with Gasteiger partial charge in [-0.3, -0.25) is 0 Å². The van der Waals surface area contributed by atoms with E-state index in [4.69, 9.17) is 18.0 Å². The molecule has 0 bridgehead atoms. The molecule has 1 aromatic carbocycles. The summed E-state index contributed by atoms with van der Waals surface area (Å²) >= 11 is 5.01. The van der Waals surface area contributed by atoms with Gasteiger partial charge in [0.15, 0.2) is 5.82 Å². The maximum atomic E-state index is 5.67. The van der Waals surface area contributed by atoms with Crippen molar-refractivity contribution in [2.45, 2.75) is 13.5 Å². The van der Waals surface area contributed by atoms with Gasteiger partial charge in [0.05, 0.1) is 6.54 Å². The smallest absolute Gasteiger partial charge is 0.213 e. The normalized spacial score (nSPS) is 10.2. The minimum atomic E-state index is 0.365. The number of rotatable bonds is 4. The number of anilines is 1. The van der Waals surface area contributed by atoms with Gasteiger partial charge in [-0.15, -0.1) is 0 Å². The van der Waals surface area contributed by atoms with Crippen molar-refractivity contribution in [1.29, 1.82) is 0 Å². The number of hydrogen-bond donors (Lipinski definition) is 2. The summed E-state index contributed by atoms with van der Waals surface area (Å²) in [6, 6.07) is 5.87. The first-order chi connectivity index (χ1) is 8.16. The van der Waals surface area contributed by atoms with Crippen molar-refractivity contribution in [3.63, 3.8) is 0 Å². The summed E-state index contributed by atoms with van der Waals surface area (Å²) in [5.74, 6) is 0.583. The Morgan fingerprint density at radius 2 is 2.35 bits per heavy atom. The van der Waals surface area contributed by atoms with E-state index < -0.39 is 0 Å². The van der Waals surface area contributed by atoms with E-state index in [2.05, 4.69) is 20.0 Å². The van der Waals surface area contributed by atoms with Crippen LogP contribution in [-0.2, 0) is 6.54 Å². The van der Waals surface area contributed by atoms with Gasteiger partial charge in [0.25, 0.3) is 0 Å². The van der Waals surface area contributed by atoms with E-state index in [1.165, 1.54) is 6.39 Å². The first kappa shape index (κ1) is 11.5. The number of thiocarbonyl (C=S) groups is 1. The molecule has 1 aromatic heterocycles. The van der Waals surface area contributed by atoms with E-state index in [-0.39, 0.29) is 0 Å². The molecule has 2 aromatic rings. The highest BCUT2D eigenvalue weighted by Crippen LogP contribution is 2.17. The maximum absolute atomic E-state index is 5.67. The predicted octanol–water partition coefficient (Wildman–Crippen LogP) is 1.62. The zero-order valence-corrected chi connectivity index (χ0v) is 10.1. The van der Waals surface area contributed by atoms with Gasteiger partial charge in [-0.05, 0) is 19.1 Å². The number of nitrogens with two attached hydrogens (primary N) is 1. The molecule has 0 fully saturated rings. The van der Waals surface area contributed by atoms with Crippen molar-refractivity contribution in [3.05, 3.63) is 41.5 Å². The maximum Gasteiger partial charge on any atom is 0.213 e. The largest absolute Gasteiger partial charge is 0.389 e. The molecule has 6 heteroatoms. The zero-order chi connectivity index (χ0) is 12.3. The number of nitrogens with zero attached hydrogens (tertiary/aromatic N) is 2. The van der Waals surface area contributed by atoms with Crippen molar-refractivity contribution in [3.8, 4) is 0 Å². The third-order valence-corrected chi connectivity index (χ3v) is 2.50. The first-order valence-electron chi connectivity index (χ1n) is 5.06. The third kappa shape index (κ3) is 2.79. The second-order valence-electron chi connectivity index (χ2n) is 3.61. The summed E-state index contributed by atoms with van der Waals surface area (Å²) in [5, 5.41) is 6.88. The summed E-state index contributed by atoms with van der Waals surface area (Å²) in [6.45, 7) is 2.46. The van der Waals surface area contributed by atoms with Gasteiger partial charge in [-0.2, -0.15) is 4.98 Å². The van der Waals surface area contributed by atoms with Gasteiger partial charge in [0, 0.05) is 11.3 Å². The first-order valence-corrected chi connectivity index (χ1v) is 5.47. The van der Waals surface area contributed by atoms with Crippen LogP contribution < -0.4 is 11.1 Å². The average molecular weight is 248 g/mol. The fraction of sp³-hybridized carbons (Fsp3) is 0.182. The van der Waals surface area contributed by atoms with Crippen LogP contribution >= 0.6 is 12.2 Å². The molecule has 0 aliphatic carbocycles. The van der Waals surface area contributed by atoms with Crippen molar-refractivity contribution in [2.75, 3.05) is 5.32 Å². The molecule has 0 spiro atoms. The van der Waals surface area contributed by atoms with Crippen LogP contribution in [0.2, 0.25) is 0 Å². The Morgan fingerprint density at radius 3 is 3.00 bits per heavy atom. The van der Waals surface area contributed by atoms with Crippen molar-refractivity contribution in [2.24, 2.45) is 5.73 Å². The van der Waals surface area contributed by atoms with Crippen LogP contribution in [-0.4, -0.2) is 15.1 Å². The topological polar surface area (TPSA) is 77.0 Å². The van der Waals surface area contributed by atoms with Crippen molar-refractivity contribution >= 4 is 22.9 Å². The van der Waals surface area contributed by atoms with Crippen LogP contribution in [0.5, 0.6) is 0 Å². The molecule has 0 atom stereocenters. The molecule has 0 unspecified atom stereocenters. The van der Waals surface area contributed by atoms with E-state index in [1.807, 2.05) is 25.1 Å². The van der Waals surface area contributed by atoms with Crippen molar-refractivity contribution in [1.82, 2.24) is 10.1 Å². The average Bonchev–Trinajstić information content (AvgIpc) is 2.80. The van der Waals surface area contributed by atoms with Gasteiger partial charge in [-0.25, -0.2) is 0 Å². The zero-order valence-electron chi connectivity index (χ0n) is 9.30. The van der Waals surface area contributed by atoms with Crippen LogP contribution in [0.15, 0.2) is 29.1 Å². The fourth-order valence-electron chi connectivity index (χ4n) is 1.46. The summed E-state index contributed by atoms with van der Waals surface area (Å²) in [5.41, 5.74) is 8.47. The lowest BCUT2D eigenvalue weighted by Gasteiger charge is -2.10. The molecule has 17 heavy (non-hydrogen) atoms. The molecule has 1 heterocycles. The monoisotopic (exact) mass is 248 g/mol. The summed E-state index contributed by atoms with van der Waals surface area (Å²) in [7, 11) is 0. The molecule has 2 rings (SSSR count). The predicted molar refractivity (Wildman–Crippen MR) is 68.7 cm³/mol. The minimum Gasteiger partial charge on any atom is -0.389 e. The number of aromatic nitrogens is 2. The lowest BCUT2D eigenvalue weighted by Crippen LogP contribution is -2.13. The minimum absolute atomic E-state index is 0.365. The quantitative estimate of drug-likeness (QED) is 0.801. The van der Waals surface area contributed by atoms with E-state index in [0.717, 1.165) is 16.8 Å². The highest BCUT2D eigenvalue weighted by Gasteiger charge is 2.06. The molecule has 5 nitrogen and oxygen atoms in total. The Bertz CT molecular complexity index is 524. The van der Waals surface area contributed by atoms with Crippen molar-refractivity contribution < 1.29 is 4.52 Å². The molecule has 0 aliphatic rings. The Morgan fingerprint density at radius 1 is 1.53 bits per heavy atom. The molecule has 0 aliphatic heterocycles. The van der Waals surface area contributed by atoms with Crippen LogP contribution in [0.4, 0.5) is 5.69 Å². The molecule has 0 amide bonds. The standard InChI is InChI=1S/C11H12N4OS/c1-7-2-3-9(8(4-7)11(12)17)13-5-10-14-6-16-15-10/h2-4,6,13H,5H2,1H3,(H2,12,17). The highest BCUT2D eigenvalue weighted by molar-refractivity contribution is 7.80. The van der Waals surface area contributed by atoms with E-state index in [9.17, 15) is 0 Å². The van der Waals surface area contributed by atoms with Gasteiger partial charge >= 0.3 is 0 Å². The molecule has 0 saturated heterocycles. The summed E-state index contributed by atoms with van der Waals surface area (Å²) < 4.78 is 4.65. The second-order valence-corrected chi connectivity index (χ2v) is 4.05. The van der Waals surface area contributed by atoms with E-state index in [0.29, 0.717) is 17.4 Å². The Balaban J connectivity index is 2.17. The van der Waals surface area contributed by atoms with Gasteiger partial charge in [0.1, 0.15) is 4.99 Å². The molecule has 88 valence electrons. The Hall–Kier alpha value is -1.95. The number of aryl methyl sites for hydroxylation is 1. The van der Waals surface area contributed by atoms with Crippen LogP contribution in [0.25, 0.3) is 0 Å². The molecular weight excluding hydrogens is 236 g/mol. The van der Waals surface area contributed by atoms with Crippen LogP contribution in [0.3, 0.4) is 0 Å². The van der Waals surface area contributed by atoms with Crippen LogP contribution in [0.1, 0.15) is 17.0 Å². The number of benzene rings is 1. The number of nitrogens with one attached hydrogen (secondary N) is 1. The van der Waals surface area contributed by atoms with E-state index >= 15 is 0 Å². The SMILES string of the molecule is Cc1ccc(NCc2ncon2)c(C(N)=S)c1. The lowest BCUT2D eigenvalue weighted by atomic mass is 10.1. The lowest BCUT2D eigenvalue weighted by molar-refractivity contribution is 0.411.